The van der Waals surface area contributed by atoms with Crippen molar-refractivity contribution in [3.05, 3.63) is 59.7 Å². The van der Waals surface area contributed by atoms with E-state index in [1.54, 1.807) is 49.5 Å². The first kappa shape index (κ1) is 19.0. The highest BCUT2D eigenvalue weighted by Gasteiger charge is 2.40. The summed E-state index contributed by atoms with van der Waals surface area (Å²) < 4.78 is 39.2. The van der Waals surface area contributed by atoms with Crippen molar-refractivity contribution in [3.63, 3.8) is 0 Å². The molecule has 1 aliphatic rings. The van der Waals surface area contributed by atoms with Crippen LogP contribution in [0.25, 0.3) is 0 Å². The van der Waals surface area contributed by atoms with E-state index in [4.69, 9.17) is 5.11 Å². The van der Waals surface area contributed by atoms with Gasteiger partial charge in [0.1, 0.15) is 12.7 Å². The third-order valence-corrected chi connectivity index (χ3v) is 4.46. The molecule has 2 aromatic rings. The van der Waals surface area contributed by atoms with Crippen molar-refractivity contribution < 1.29 is 23.1 Å². The van der Waals surface area contributed by atoms with Gasteiger partial charge < -0.3 is 20.2 Å². The lowest BCUT2D eigenvalue weighted by Gasteiger charge is -2.38. The van der Waals surface area contributed by atoms with Crippen molar-refractivity contribution in [1.82, 2.24) is 4.90 Å². The van der Waals surface area contributed by atoms with Crippen LogP contribution < -0.4 is 10.2 Å². The molecule has 0 spiro atoms. The number of aliphatic hydroxyl groups excluding tert-OH is 1. The van der Waals surface area contributed by atoms with Gasteiger partial charge in [0.2, 0.25) is 0 Å². The number of para-hydroxylation sites is 1. The summed E-state index contributed by atoms with van der Waals surface area (Å²) in [4.78, 5) is 15.3. The van der Waals surface area contributed by atoms with Gasteiger partial charge in [-0.05, 0) is 29.8 Å². The highest BCUT2D eigenvalue weighted by atomic mass is 19.4. The van der Waals surface area contributed by atoms with Crippen LogP contribution in [0.5, 0.6) is 0 Å². The third kappa shape index (κ3) is 4.16. The molecule has 1 heterocycles. The number of nitrogens with one attached hydrogen (secondary N) is 1. The Hall–Kier alpha value is -2.74. The van der Waals surface area contributed by atoms with Crippen LogP contribution in [0.1, 0.15) is 22.1 Å². The van der Waals surface area contributed by atoms with Gasteiger partial charge in [-0.1, -0.05) is 24.3 Å². The normalized spacial score (nSPS) is 16.7. The van der Waals surface area contributed by atoms with E-state index in [-0.39, 0.29) is 12.2 Å². The lowest BCUT2D eigenvalue weighted by atomic mass is 10.0. The number of hydrogen-bond donors (Lipinski definition) is 2. The number of aliphatic hydroxyl groups is 1. The van der Waals surface area contributed by atoms with Gasteiger partial charge in [0.05, 0.1) is 12.2 Å². The van der Waals surface area contributed by atoms with E-state index in [9.17, 15) is 18.0 Å². The summed E-state index contributed by atoms with van der Waals surface area (Å²) in [6, 6.07) is 13.4. The van der Waals surface area contributed by atoms with E-state index in [1.165, 1.54) is 6.07 Å². The van der Waals surface area contributed by atoms with Gasteiger partial charge in [0, 0.05) is 25.0 Å². The zero-order chi connectivity index (χ0) is 19.6. The van der Waals surface area contributed by atoms with Crippen LogP contribution in [-0.4, -0.2) is 48.8 Å². The number of carbonyl (C=O) groups is 1. The monoisotopic (exact) mass is 379 g/mol. The Labute approximate surface area is 155 Å². The molecule has 0 fully saturated rings. The second kappa shape index (κ2) is 7.48. The van der Waals surface area contributed by atoms with E-state index in [0.717, 1.165) is 10.6 Å². The van der Waals surface area contributed by atoms with Crippen LogP contribution in [0.15, 0.2) is 48.5 Å². The van der Waals surface area contributed by atoms with Crippen LogP contribution in [0.4, 0.5) is 24.5 Å². The number of halogens is 3. The van der Waals surface area contributed by atoms with Crippen molar-refractivity contribution in [2.75, 3.05) is 37.0 Å². The minimum Gasteiger partial charge on any atom is -0.395 e. The molecule has 2 N–H and O–H groups in total. The molecule has 2 aromatic carbocycles. The molecule has 144 valence electrons. The molecule has 27 heavy (non-hydrogen) atoms. The SMILES string of the molecule is CN(CCO)c1ccc(C2Nc3ccccc3C(=O)N2CC(F)(F)F)cc1. The molecule has 0 saturated carbocycles. The number of rotatable bonds is 5. The van der Waals surface area contributed by atoms with Gasteiger partial charge in [-0.25, -0.2) is 0 Å². The first-order valence-corrected chi connectivity index (χ1v) is 8.45. The highest BCUT2D eigenvalue weighted by molar-refractivity contribution is 6.01. The second-order valence-electron chi connectivity index (χ2n) is 6.38. The molecule has 0 bridgehead atoms. The average Bonchev–Trinajstić information content (AvgIpc) is 2.63. The predicted molar refractivity (Wildman–Crippen MR) is 96.7 cm³/mol. The summed E-state index contributed by atoms with van der Waals surface area (Å²) in [7, 11) is 1.81. The van der Waals surface area contributed by atoms with Crippen LogP contribution in [0.2, 0.25) is 0 Å². The number of anilines is 2. The predicted octanol–water partition coefficient (Wildman–Crippen LogP) is 3.24. The van der Waals surface area contributed by atoms with E-state index in [0.29, 0.717) is 17.8 Å². The first-order valence-electron chi connectivity index (χ1n) is 8.45. The number of benzene rings is 2. The fourth-order valence-electron chi connectivity index (χ4n) is 3.10. The fourth-order valence-corrected chi connectivity index (χ4v) is 3.10. The number of carbonyl (C=O) groups excluding carboxylic acids is 1. The Bertz CT molecular complexity index is 809. The molecule has 0 aliphatic carbocycles. The number of alkyl halides is 3. The molecule has 1 aliphatic heterocycles. The maximum atomic E-state index is 13.1. The number of likely N-dealkylation sites (N-methyl/N-ethyl adjacent to an activating group) is 1. The van der Waals surface area contributed by atoms with E-state index < -0.39 is 24.8 Å². The first-order chi connectivity index (χ1) is 12.8. The van der Waals surface area contributed by atoms with Gasteiger partial charge in [0.15, 0.2) is 0 Å². The Balaban J connectivity index is 1.94. The molecule has 1 unspecified atom stereocenters. The number of nitrogens with zero attached hydrogens (tertiary/aromatic N) is 2. The molecule has 1 amide bonds. The zero-order valence-electron chi connectivity index (χ0n) is 14.7. The molecule has 0 aromatic heterocycles. The minimum absolute atomic E-state index is 0.00687. The summed E-state index contributed by atoms with van der Waals surface area (Å²) >= 11 is 0. The average molecular weight is 379 g/mol. The molecule has 0 radical (unpaired) electrons. The Morgan fingerprint density at radius 1 is 1.15 bits per heavy atom. The van der Waals surface area contributed by atoms with Gasteiger partial charge in [-0.3, -0.25) is 4.79 Å². The highest BCUT2D eigenvalue weighted by Crippen LogP contribution is 2.35. The summed E-state index contributed by atoms with van der Waals surface area (Å²) in [5.41, 5.74) is 2.09. The topological polar surface area (TPSA) is 55.8 Å². The van der Waals surface area contributed by atoms with Crippen molar-refractivity contribution in [2.24, 2.45) is 0 Å². The molecule has 0 saturated heterocycles. The molecule has 8 heteroatoms. The van der Waals surface area contributed by atoms with Gasteiger partial charge in [-0.2, -0.15) is 13.2 Å². The van der Waals surface area contributed by atoms with Crippen LogP contribution in [-0.2, 0) is 0 Å². The van der Waals surface area contributed by atoms with E-state index >= 15 is 0 Å². The summed E-state index contributed by atoms with van der Waals surface area (Å²) in [5, 5.41) is 12.1. The van der Waals surface area contributed by atoms with E-state index in [2.05, 4.69) is 5.32 Å². The van der Waals surface area contributed by atoms with Crippen molar-refractivity contribution >= 4 is 17.3 Å². The second-order valence-corrected chi connectivity index (χ2v) is 6.38. The largest absolute Gasteiger partial charge is 0.406 e. The van der Waals surface area contributed by atoms with Crippen LogP contribution >= 0.6 is 0 Å². The molecule has 1 atom stereocenters. The summed E-state index contributed by atoms with van der Waals surface area (Å²) in [6.45, 7) is -0.913. The lowest BCUT2D eigenvalue weighted by Crippen LogP contribution is -2.47. The fraction of sp³-hybridized carbons (Fsp3) is 0.316. The third-order valence-electron chi connectivity index (χ3n) is 4.46. The van der Waals surface area contributed by atoms with Crippen molar-refractivity contribution in [1.29, 1.82) is 0 Å². The lowest BCUT2D eigenvalue weighted by molar-refractivity contribution is -0.144. The summed E-state index contributed by atoms with van der Waals surface area (Å²) in [6.07, 6.45) is -5.44. The summed E-state index contributed by atoms with van der Waals surface area (Å²) in [5.74, 6) is -0.659. The quantitative estimate of drug-likeness (QED) is 0.838. The van der Waals surface area contributed by atoms with Crippen LogP contribution in [0.3, 0.4) is 0 Å². The molecule has 3 rings (SSSR count). The molecular formula is C19H20F3N3O2. The maximum Gasteiger partial charge on any atom is 0.406 e. The smallest absolute Gasteiger partial charge is 0.395 e. The van der Waals surface area contributed by atoms with Gasteiger partial charge >= 0.3 is 6.18 Å². The van der Waals surface area contributed by atoms with Crippen LogP contribution in [0, 0.1) is 0 Å². The number of amides is 1. The standard InChI is InChI=1S/C19H20F3N3O2/c1-24(10-11-26)14-8-6-13(7-9-14)17-23-16-5-3-2-4-15(16)18(27)25(17)12-19(20,21)22/h2-9,17,23,26H,10-12H2,1H3. The minimum atomic E-state index is -4.51. The Morgan fingerprint density at radius 3 is 2.44 bits per heavy atom. The number of hydrogen-bond acceptors (Lipinski definition) is 4. The number of fused-ring (bicyclic) bond motifs is 1. The van der Waals surface area contributed by atoms with E-state index in [1.807, 2.05) is 4.90 Å². The van der Waals surface area contributed by atoms with Gasteiger partial charge in [-0.15, -0.1) is 0 Å². The maximum absolute atomic E-state index is 13.1. The van der Waals surface area contributed by atoms with Crippen molar-refractivity contribution in [3.8, 4) is 0 Å². The molecular weight excluding hydrogens is 359 g/mol. The van der Waals surface area contributed by atoms with Crippen molar-refractivity contribution in [2.45, 2.75) is 12.3 Å². The Morgan fingerprint density at radius 2 is 1.81 bits per heavy atom. The zero-order valence-corrected chi connectivity index (χ0v) is 14.7. The Kier molecular flexibility index (Phi) is 5.27. The van der Waals surface area contributed by atoms with Gasteiger partial charge in [0.25, 0.3) is 5.91 Å². The molecule has 5 nitrogen and oxygen atoms in total.